The molecule has 1 aliphatic heterocycles. The first-order valence-electron chi connectivity index (χ1n) is 7.20. The zero-order valence-corrected chi connectivity index (χ0v) is 13.6. The highest BCUT2D eigenvalue weighted by atomic mass is 19.1. The molecule has 0 amide bonds. The first-order chi connectivity index (χ1) is 10.2. The number of aliphatic hydroxyl groups is 1. The van der Waals surface area contributed by atoms with Crippen LogP contribution in [0, 0.1) is 5.82 Å². The molecule has 1 aromatic carbocycles. The molecule has 22 heavy (non-hydrogen) atoms. The van der Waals surface area contributed by atoms with Gasteiger partial charge in [-0.3, -0.25) is 0 Å². The number of rotatable bonds is 4. The summed E-state index contributed by atoms with van der Waals surface area (Å²) in [5.74, 6) is -0.277. The maximum Gasteiger partial charge on any atom is 0.492 e. The minimum Gasteiger partial charge on any atom is -0.494 e. The molecule has 1 heterocycles. The Kier molecular flexibility index (Phi) is 4.66. The van der Waals surface area contributed by atoms with Crippen molar-refractivity contribution in [3.8, 4) is 5.75 Å². The number of ether oxygens (including phenoxy) is 1. The first-order valence-corrected chi connectivity index (χ1v) is 7.20. The SMILES string of the molecule is COc1ccc(C=C(CO)B2OC(C)(C)C(C)(C)O2)cc1F. The maximum atomic E-state index is 13.7. The Morgan fingerprint density at radius 2 is 1.86 bits per heavy atom. The van der Waals surface area contributed by atoms with Gasteiger partial charge in [-0.2, -0.15) is 0 Å². The van der Waals surface area contributed by atoms with Crippen LogP contribution < -0.4 is 4.74 Å². The molecule has 6 heteroatoms. The maximum absolute atomic E-state index is 13.7. The van der Waals surface area contributed by atoms with Gasteiger partial charge in [0.25, 0.3) is 0 Å². The molecule has 1 saturated heterocycles. The topological polar surface area (TPSA) is 47.9 Å². The summed E-state index contributed by atoms with van der Waals surface area (Å²) >= 11 is 0. The standard InChI is InChI=1S/C16H22BFO4/c1-15(2)16(3,4)22-17(21-15)12(10-19)8-11-6-7-14(20-5)13(18)9-11/h6-9,19H,10H2,1-5H3. The van der Waals surface area contributed by atoms with Crippen molar-refractivity contribution in [2.45, 2.75) is 38.9 Å². The average molecular weight is 308 g/mol. The van der Waals surface area contributed by atoms with E-state index in [9.17, 15) is 9.50 Å². The highest BCUT2D eigenvalue weighted by Crippen LogP contribution is 2.38. The molecule has 0 aliphatic carbocycles. The summed E-state index contributed by atoms with van der Waals surface area (Å²) in [6, 6.07) is 4.60. The molecule has 120 valence electrons. The summed E-state index contributed by atoms with van der Waals surface area (Å²) < 4.78 is 30.4. The summed E-state index contributed by atoms with van der Waals surface area (Å²) in [6.45, 7) is 7.53. The molecule has 0 radical (unpaired) electrons. The summed E-state index contributed by atoms with van der Waals surface area (Å²) in [7, 11) is 0.762. The smallest absolute Gasteiger partial charge is 0.492 e. The van der Waals surface area contributed by atoms with Crippen molar-refractivity contribution in [2.24, 2.45) is 0 Å². The highest BCUT2D eigenvalue weighted by Gasteiger charge is 2.52. The Bertz CT molecular complexity index is 568. The van der Waals surface area contributed by atoms with E-state index in [1.165, 1.54) is 13.2 Å². The fraction of sp³-hybridized carbons (Fsp3) is 0.500. The van der Waals surface area contributed by atoms with E-state index < -0.39 is 24.1 Å². The molecule has 1 fully saturated rings. The summed E-state index contributed by atoms with van der Waals surface area (Å²) in [4.78, 5) is 0. The molecule has 1 aromatic rings. The van der Waals surface area contributed by atoms with Crippen molar-refractivity contribution in [1.82, 2.24) is 0 Å². The van der Waals surface area contributed by atoms with Crippen LogP contribution in [0.4, 0.5) is 4.39 Å². The number of benzene rings is 1. The van der Waals surface area contributed by atoms with Gasteiger partial charge in [0.2, 0.25) is 0 Å². The molecule has 0 spiro atoms. The fourth-order valence-electron chi connectivity index (χ4n) is 2.17. The molecule has 0 unspecified atom stereocenters. The Morgan fingerprint density at radius 3 is 2.32 bits per heavy atom. The van der Waals surface area contributed by atoms with E-state index >= 15 is 0 Å². The van der Waals surface area contributed by atoms with Crippen molar-refractivity contribution < 1.29 is 23.5 Å². The predicted molar refractivity (Wildman–Crippen MR) is 84.1 cm³/mol. The van der Waals surface area contributed by atoms with E-state index in [0.717, 1.165) is 0 Å². The van der Waals surface area contributed by atoms with Crippen molar-refractivity contribution in [3.05, 3.63) is 35.1 Å². The molecule has 2 rings (SSSR count). The van der Waals surface area contributed by atoms with Crippen LogP contribution in [-0.4, -0.2) is 37.1 Å². The van der Waals surface area contributed by atoms with Gasteiger partial charge in [-0.05, 0) is 50.9 Å². The van der Waals surface area contributed by atoms with Gasteiger partial charge in [-0.15, -0.1) is 0 Å². The third-order valence-electron chi connectivity index (χ3n) is 4.27. The second-order valence-electron chi connectivity index (χ2n) is 6.36. The molecule has 0 aromatic heterocycles. The molecule has 0 saturated carbocycles. The minimum atomic E-state index is -0.653. The largest absolute Gasteiger partial charge is 0.494 e. The van der Waals surface area contributed by atoms with Gasteiger partial charge < -0.3 is 19.2 Å². The van der Waals surface area contributed by atoms with Crippen LogP contribution in [0.15, 0.2) is 23.7 Å². The van der Waals surface area contributed by atoms with Crippen LogP contribution in [0.5, 0.6) is 5.75 Å². The van der Waals surface area contributed by atoms with E-state index in [0.29, 0.717) is 11.0 Å². The second-order valence-corrected chi connectivity index (χ2v) is 6.36. The first kappa shape index (κ1) is 17.0. The van der Waals surface area contributed by atoms with Gasteiger partial charge in [0.1, 0.15) is 0 Å². The number of hydrogen-bond acceptors (Lipinski definition) is 4. The van der Waals surface area contributed by atoms with Gasteiger partial charge >= 0.3 is 7.12 Å². The van der Waals surface area contributed by atoms with Crippen LogP contribution in [0.25, 0.3) is 6.08 Å². The van der Waals surface area contributed by atoms with Gasteiger partial charge in [0.15, 0.2) is 11.6 Å². The van der Waals surface area contributed by atoms with Gasteiger partial charge in [-0.25, -0.2) is 4.39 Å². The van der Waals surface area contributed by atoms with Crippen molar-refractivity contribution in [2.75, 3.05) is 13.7 Å². The van der Waals surface area contributed by atoms with E-state index in [1.807, 2.05) is 27.7 Å². The molecule has 1 N–H and O–H groups in total. The Hall–Kier alpha value is -1.37. The molecule has 0 atom stereocenters. The number of aliphatic hydroxyl groups excluding tert-OH is 1. The lowest BCUT2D eigenvalue weighted by molar-refractivity contribution is 0.00578. The van der Waals surface area contributed by atoms with Crippen LogP contribution in [0.1, 0.15) is 33.3 Å². The van der Waals surface area contributed by atoms with Gasteiger partial charge in [0.05, 0.1) is 24.9 Å². The van der Waals surface area contributed by atoms with E-state index in [-0.39, 0.29) is 12.4 Å². The molecule has 1 aliphatic rings. The number of methoxy groups -OCH3 is 1. The molecule has 0 bridgehead atoms. The molecule has 4 nitrogen and oxygen atoms in total. The zero-order valence-electron chi connectivity index (χ0n) is 13.6. The Labute approximate surface area is 131 Å². The van der Waals surface area contributed by atoms with E-state index in [4.69, 9.17) is 14.0 Å². The Balaban J connectivity index is 2.27. The summed E-state index contributed by atoms with van der Waals surface area (Å²) in [6.07, 6.45) is 1.67. The fourth-order valence-corrected chi connectivity index (χ4v) is 2.17. The third kappa shape index (κ3) is 3.19. The van der Waals surface area contributed by atoms with E-state index in [2.05, 4.69) is 0 Å². The summed E-state index contributed by atoms with van der Waals surface area (Å²) in [5, 5.41) is 9.61. The third-order valence-corrected chi connectivity index (χ3v) is 4.27. The summed E-state index contributed by atoms with van der Waals surface area (Å²) in [5.41, 5.74) is 0.175. The lowest BCUT2D eigenvalue weighted by Gasteiger charge is -2.32. The van der Waals surface area contributed by atoms with Crippen LogP contribution in [0.2, 0.25) is 0 Å². The monoisotopic (exact) mass is 308 g/mol. The van der Waals surface area contributed by atoms with Crippen molar-refractivity contribution in [3.63, 3.8) is 0 Å². The van der Waals surface area contributed by atoms with Gasteiger partial charge in [0, 0.05) is 0 Å². The predicted octanol–water partition coefficient (Wildman–Crippen LogP) is 2.84. The molecular weight excluding hydrogens is 286 g/mol. The van der Waals surface area contributed by atoms with Gasteiger partial charge in [-0.1, -0.05) is 12.1 Å². The Morgan fingerprint density at radius 1 is 1.27 bits per heavy atom. The van der Waals surface area contributed by atoms with Crippen LogP contribution in [-0.2, 0) is 9.31 Å². The quantitative estimate of drug-likeness (QED) is 0.869. The second kappa shape index (κ2) is 6.03. The van der Waals surface area contributed by atoms with E-state index in [1.54, 1.807) is 18.2 Å². The lowest BCUT2D eigenvalue weighted by Crippen LogP contribution is -2.41. The average Bonchev–Trinajstić information content (AvgIpc) is 2.65. The molecular formula is C16H22BFO4. The van der Waals surface area contributed by atoms with Crippen LogP contribution >= 0.6 is 0 Å². The van der Waals surface area contributed by atoms with Crippen molar-refractivity contribution in [1.29, 1.82) is 0 Å². The zero-order chi connectivity index (χ0) is 16.5. The normalized spacial score (nSPS) is 20.3. The highest BCUT2D eigenvalue weighted by molar-refractivity contribution is 6.55. The number of hydrogen-bond donors (Lipinski definition) is 1. The lowest BCUT2D eigenvalue weighted by atomic mass is 9.77. The number of halogens is 1. The van der Waals surface area contributed by atoms with Crippen LogP contribution in [0.3, 0.4) is 0 Å². The van der Waals surface area contributed by atoms with Crippen molar-refractivity contribution >= 4 is 13.2 Å². The minimum absolute atomic E-state index is 0.179.